The number of nitrogens with two attached hydrogens (primary N) is 1. The highest BCUT2D eigenvalue weighted by Crippen LogP contribution is 2.40. The summed E-state index contributed by atoms with van der Waals surface area (Å²) in [6.45, 7) is 0. The van der Waals surface area contributed by atoms with E-state index >= 15 is 0 Å². The Balaban J connectivity index is 2.15. The number of phenols is 1. The van der Waals surface area contributed by atoms with Gasteiger partial charge in [-0.1, -0.05) is 12.1 Å². The van der Waals surface area contributed by atoms with Gasteiger partial charge in [0.25, 0.3) is 0 Å². The Morgan fingerprint density at radius 3 is 2.75 bits per heavy atom. The molecule has 5 nitrogen and oxygen atoms in total. The predicted octanol–water partition coefficient (Wildman–Crippen LogP) is 1.43. The monoisotopic (exact) mass is 216 g/mol. The van der Waals surface area contributed by atoms with Gasteiger partial charge in [-0.15, -0.1) is 5.10 Å². The maximum atomic E-state index is 9.77. The molecule has 0 amide bonds. The Bertz CT molecular complexity index is 531. The summed E-state index contributed by atoms with van der Waals surface area (Å²) in [7, 11) is 0. The number of rotatable bonds is 2. The van der Waals surface area contributed by atoms with Crippen LogP contribution in [0.4, 0.5) is 5.95 Å². The van der Waals surface area contributed by atoms with Crippen molar-refractivity contribution in [2.45, 2.75) is 18.8 Å². The Morgan fingerprint density at radius 1 is 1.31 bits per heavy atom. The molecular formula is C11H12N4O. The van der Waals surface area contributed by atoms with Crippen LogP contribution in [0.3, 0.4) is 0 Å². The van der Waals surface area contributed by atoms with Gasteiger partial charge in [0, 0.05) is 5.92 Å². The van der Waals surface area contributed by atoms with Crippen LogP contribution >= 0.6 is 0 Å². The summed E-state index contributed by atoms with van der Waals surface area (Å²) in [6, 6.07) is 7.05. The Hall–Kier alpha value is -2.04. The summed E-state index contributed by atoms with van der Waals surface area (Å²) >= 11 is 0. The van der Waals surface area contributed by atoms with Crippen molar-refractivity contribution in [2.24, 2.45) is 0 Å². The van der Waals surface area contributed by atoms with Crippen molar-refractivity contribution < 1.29 is 5.11 Å². The summed E-state index contributed by atoms with van der Waals surface area (Å²) in [5.74, 6) is 1.72. The predicted molar refractivity (Wildman–Crippen MR) is 59.4 cm³/mol. The van der Waals surface area contributed by atoms with Crippen LogP contribution in [-0.4, -0.2) is 19.9 Å². The summed E-state index contributed by atoms with van der Waals surface area (Å²) in [5.41, 5.74) is 6.24. The molecule has 0 radical (unpaired) electrons. The molecule has 82 valence electrons. The Labute approximate surface area is 92.5 Å². The van der Waals surface area contributed by atoms with Gasteiger partial charge >= 0.3 is 0 Å². The molecule has 1 saturated carbocycles. The van der Waals surface area contributed by atoms with Crippen molar-refractivity contribution in [1.82, 2.24) is 14.8 Å². The number of hydrogen-bond acceptors (Lipinski definition) is 4. The third-order valence-corrected chi connectivity index (χ3v) is 2.70. The summed E-state index contributed by atoms with van der Waals surface area (Å²) in [5, 5.41) is 13.9. The fraction of sp³-hybridized carbons (Fsp3) is 0.273. The van der Waals surface area contributed by atoms with E-state index in [1.165, 1.54) is 0 Å². The zero-order valence-electron chi connectivity index (χ0n) is 8.67. The van der Waals surface area contributed by atoms with E-state index in [2.05, 4.69) is 10.1 Å². The van der Waals surface area contributed by atoms with Crippen LogP contribution in [0.5, 0.6) is 5.75 Å². The topological polar surface area (TPSA) is 77.0 Å². The zero-order valence-corrected chi connectivity index (χ0v) is 8.67. The number of aromatic nitrogens is 3. The number of nitrogen functional groups attached to an aromatic ring is 1. The Morgan fingerprint density at radius 2 is 2.06 bits per heavy atom. The number of nitrogens with zero attached hydrogens (tertiary/aromatic N) is 3. The fourth-order valence-electron chi connectivity index (χ4n) is 1.77. The van der Waals surface area contributed by atoms with Gasteiger partial charge in [-0.2, -0.15) is 4.98 Å². The lowest BCUT2D eigenvalue weighted by Gasteiger charge is -2.06. The van der Waals surface area contributed by atoms with E-state index in [4.69, 9.17) is 5.73 Å². The van der Waals surface area contributed by atoms with Gasteiger partial charge in [0.05, 0.1) is 0 Å². The van der Waals surface area contributed by atoms with E-state index in [0.717, 1.165) is 18.7 Å². The lowest BCUT2D eigenvalue weighted by atomic mass is 10.3. The molecule has 0 saturated heterocycles. The highest BCUT2D eigenvalue weighted by atomic mass is 16.3. The molecule has 0 aliphatic heterocycles. The van der Waals surface area contributed by atoms with E-state index in [1.54, 1.807) is 22.9 Å². The number of hydrogen-bond donors (Lipinski definition) is 2. The first kappa shape index (κ1) is 9.21. The number of para-hydroxylation sites is 2. The molecular weight excluding hydrogens is 204 g/mol. The van der Waals surface area contributed by atoms with Crippen molar-refractivity contribution in [3.63, 3.8) is 0 Å². The van der Waals surface area contributed by atoms with Crippen LogP contribution in [0, 0.1) is 0 Å². The third kappa shape index (κ3) is 1.41. The first-order valence-electron chi connectivity index (χ1n) is 5.26. The van der Waals surface area contributed by atoms with Crippen molar-refractivity contribution in [3.8, 4) is 11.4 Å². The minimum atomic E-state index is 0.189. The second-order valence-electron chi connectivity index (χ2n) is 4.00. The number of anilines is 1. The van der Waals surface area contributed by atoms with Crippen LogP contribution in [0.2, 0.25) is 0 Å². The fourth-order valence-corrected chi connectivity index (χ4v) is 1.77. The van der Waals surface area contributed by atoms with E-state index < -0.39 is 0 Å². The number of benzene rings is 1. The number of aromatic hydroxyl groups is 1. The zero-order chi connectivity index (χ0) is 11.1. The molecule has 1 heterocycles. The minimum absolute atomic E-state index is 0.189. The van der Waals surface area contributed by atoms with Gasteiger partial charge in [-0.05, 0) is 25.0 Å². The lowest BCUT2D eigenvalue weighted by Crippen LogP contribution is -2.02. The molecule has 2 aromatic rings. The SMILES string of the molecule is Nc1nc(C2CC2)n(-c2ccccc2O)n1. The molecule has 1 aromatic carbocycles. The highest BCUT2D eigenvalue weighted by molar-refractivity contribution is 5.46. The van der Waals surface area contributed by atoms with Crippen LogP contribution in [-0.2, 0) is 0 Å². The van der Waals surface area contributed by atoms with Crippen molar-refractivity contribution >= 4 is 5.95 Å². The second-order valence-corrected chi connectivity index (χ2v) is 4.00. The number of phenolic OH excluding ortho intramolecular Hbond substituents is 1. The van der Waals surface area contributed by atoms with Gasteiger partial charge in [0.1, 0.15) is 17.3 Å². The molecule has 3 rings (SSSR count). The van der Waals surface area contributed by atoms with Crippen molar-refractivity contribution in [2.75, 3.05) is 5.73 Å². The van der Waals surface area contributed by atoms with Gasteiger partial charge < -0.3 is 10.8 Å². The van der Waals surface area contributed by atoms with Gasteiger partial charge in [0.15, 0.2) is 0 Å². The molecule has 1 fully saturated rings. The lowest BCUT2D eigenvalue weighted by molar-refractivity contribution is 0.469. The van der Waals surface area contributed by atoms with E-state index in [0.29, 0.717) is 11.6 Å². The maximum absolute atomic E-state index is 9.77. The molecule has 0 atom stereocenters. The molecule has 5 heteroatoms. The summed E-state index contributed by atoms with van der Waals surface area (Å²) in [6.07, 6.45) is 2.23. The molecule has 0 unspecified atom stereocenters. The highest BCUT2D eigenvalue weighted by Gasteiger charge is 2.30. The maximum Gasteiger partial charge on any atom is 0.240 e. The normalized spacial score (nSPS) is 15.2. The van der Waals surface area contributed by atoms with Gasteiger partial charge in [0.2, 0.25) is 5.95 Å². The van der Waals surface area contributed by atoms with E-state index in [1.807, 2.05) is 6.07 Å². The van der Waals surface area contributed by atoms with Gasteiger partial charge in [-0.25, -0.2) is 4.68 Å². The molecule has 1 aliphatic carbocycles. The molecule has 1 aliphatic rings. The largest absolute Gasteiger partial charge is 0.506 e. The average molecular weight is 216 g/mol. The standard InChI is InChI=1S/C11H12N4O/c12-11-13-10(7-5-6-7)15(14-11)8-3-1-2-4-9(8)16/h1-4,7,16H,5-6H2,(H2,12,14). The average Bonchev–Trinajstić information content (AvgIpc) is 3.03. The molecule has 0 spiro atoms. The van der Waals surface area contributed by atoms with E-state index in [-0.39, 0.29) is 11.7 Å². The minimum Gasteiger partial charge on any atom is -0.506 e. The van der Waals surface area contributed by atoms with Crippen LogP contribution in [0.25, 0.3) is 5.69 Å². The van der Waals surface area contributed by atoms with Crippen molar-refractivity contribution in [3.05, 3.63) is 30.1 Å². The molecule has 1 aromatic heterocycles. The van der Waals surface area contributed by atoms with E-state index in [9.17, 15) is 5.11 Å². The third-order valence-electron chi connectivity index (χ3n) is 2.70. The van der Waals surface area contributed by atoms with Crippen LogP contribution in [0.15, 0.2) is 24.3 Å². The smallest absolute Gasteiger partial charge is 0.240 e. The Kier molecular flexibility index (Phi) is 1.86. The first-order chi connectivity index (χ1) is 7.75. The molecule has 0 bridgehead atoms. The van der Waals surface area contributed by atoms with Crippen LogP contribution < -0.4 is 5.73 Å². The summed E-state index contributed by atoms with van der Waals surface area (Å²) < 4.78 is 1.64. The quantitative estimate of drug-likeness (QED) is 0.796. The molecule has 16 heavy (non-hydrogen) atoms. The summed E-state index contributed by atoms with van der Waals surface area (Å²) in [4.78, 5) is 4.21. The second kappa shape index (κ2) is 3.23. The first-order valence-corrected chi connectivity index (χ1v) is 5.26. The van der Waals surface area contributed by atoms with Crippen LogP contribution in [0.1, 0.15) is 24.6 Å². The molecule has 3 N–H and O–H groups in total. The van der Waals surface area contributed by atoms with Gasteiger partial charge in [-0.3, -0.25) is 0 Å². The van der Waals surface area contributed by atoms with Crippen molar-refractivity contribution in [1.29, 1.82) is 0 Å².